The van der Waals surface area contributed by atoms with Gasteiger partial charge in [-0.2, -0.15) is 0 Å². The Balaban J connectivity index is 1.46. The van der Waals surface area contributed by atoms with Crippen LogP contribution in [0, 0.1) is 0 Å². The number of methoxy groups -OCH3 is 1. The van der Waals surface area contributed by atoms with E-state index in [-0.39, 0.29) is 24.3 Å². The lowest BCUT2D eigenvalue weighted by Crippen LogP contribution is -2.31. The quantitative estimate of drug-likeness (QED) is 0.465. The fourth-order valence-corrected chi connectivity index (χ4v) is 3.83. The molecular weight excluding hydrogens is 432 g/mol. The Labute approximate surface area is 201 Å². The molecule has 3 rings (SSSR count). The van der Waals surface area contributed by atoms with Crippen molar-refractivity contribution >= 4 is 29.1 Å². The lowest BCUT2D eigenvalue weighted by atomic mass is 10.1. The second-order valence-electron chi connectivity index (χ2n) is 8.37. The third kappa shape index (κ3) is 7.88. The van der Waals surface area contributed by atoms with Gasteiger partial charge in [-0.1, -0.05) is 18.9 Å². The molecule has 2 aromatic rings. The summed E-state index contributed by atoms with van der Waals surface area (Å²) in [5.41, 5.74) is 2.46. The van der Waals surface area contributed by atoms with Crippen LogP contribution in [0.3, 0.4) is 0 Å². The van der Waals surface area contributed by atoms with Gasteiger partial charge in [-0.25, -0.2) is 0 Å². The fraction of sp³-hybridized carbons (Fsp3) is 0.423. The van der Waals surface area contributed by atoms with Gasteiger partial charge in [-0.05, 0) is 61.7 Å². The summed E-state index contributed by atoms with van der Waals surface area (Å²) in [5, 5.41) is 8.71. The van der Waals surface area contributed by atoms with E-state index in [1.165, 1.54) is 12.8 Å². The van der Waals surface area contributed by atoms with Crippen LogP contribution >= 0.6 is 0 Å². The van der Waals surface area contributed by atoms with E-state index >= 15 is 0 Å². The molecule has 0 saturated carbocycles. The molecule has 182 valence electrons. The standard InChI is InChI=1S/C26H34N4O4/c1-34-17-7-14-27-25(32)21-8-6-9-23(18-21)28-19-24(31)29-22-12-10-20(11-13-22)26(33)30-15-4-2-3-5-16-30/h6,8-13,18,28H,2-5,7,14-17,19H2,1H3,(H,27,32)(H,29,31). The van der Waals surface area contributed by atoms with Gasteiger partial charge in [-0.15, -0.1) is 0 Å². The molecule has 1 aliphatic rings. The molecule has 0 atom stereocenters. The molecule has 2 aromatic carbocycles. The van der Waals surface area contributed by atoms with Crippen LogP contribution in [-0.4, -0.2) is 62.5 Å². The highest BCUT2D eigenvalue weighted by Crippen LogP contribution is 2.16. The molecule has 34 heavy (non-hydrogen) atoms. The van der Waals surface area contributed by atoms with Crippen LogP contribution in [0.1, 0.15) is 52.8 Å². The molecule has 0 radical (unpaired) electrons. The summed E-state index contributed by atoms with van der Waals surface area (Å²) in [7, 11) is 1.63. The average Bonchev–Trinajstić information content (AvgIpc) is 3.15. The fourth-order valence-electron chi connectivity index (χ4n) is 3.83. The summed E-state index contributed by atoms with van der Waals surface area (Å²) < 4.78 is 4.97. The average molecular weight is 467 g/mol. The molecule has 1 heterocycles. The molecule has 0 aromatic heterocycles. The van der Waals surface area contributed by atoms with E-state index in [4.69, 9.17) is 4.74 Å². The summed E-state index contributed by atoms with van der Waals surface area (Å²) in [5.74, 6) is -0.343. The third-order valence-electron chi connectivity index (χ3n) is 5.70. The number of benzene rings is 2. The van der Waals surface area contributed by atoms with Crippen LogP contribution in [0.5, 0.6) is 0 Å². The van der Waals surface area contributed by atoms with Crippen LogP contribution in [0.25, 0.3) is 0 Å². The van der Waals surface area contributed by atoms with Crippen LogP contribution in [-0.2, 0) is 9.53 Å². The van der Waals surface area contributed by atoms with E-state index in [1.807, 2.05) is 4.90 Å². The van der Waals surface area contributed by atoms with Gasteiger partial charge in [0.15, 0.2) is 0 Å². The summed E-state index contributed by atoms with van der Waals surface area (Å²) >= 11 is 0. The summed E-state index contributed by atoms with van der Waals surface area (Å²) in [6, 6.07) is 14.0. The van der Waals surface area contributed by atoms with Crippen molar-refractivity contribution < 1.29 is 19.1 Å². The predicted molar refractivity (Wildman–Crippen MR) is 133 cm³/mol. The van der Waals surface area contributed by atoms with Crippen molar-refractivity contribution in [2.45, 2.75) is 32.1 Å². The largest absolute Gasteiger partial charge is 0.385 e. The zero-order valence-corrected chi connectivity index (χ0v) is 19.8. The number of anilines is 2. The smallest absolute Gasteiger partial charge is 0.253 e. The van der Waals surface area contributed by atoms with Gasteiger partial charge in [0.05, 0.1) is 6.54 Å². The number of likely N-dealkylation sites (tertiary alicyclic amines) is 1. The number of amides is 3. The van der Waals surface area contributed by atoms with Crippen LogP contribution < -0.4 is 16.0 Å². The van der Waals surface area contributed by atoms with Crippen molar-refractivity contribution in [2.75, 3.05) is 50.5 Å². The van der Waals surface area contributed by atoms with Gasteiger partial charge in [0.25, 0.3) is 11.8 Å². The Morgan fingerprint density at radius 1 is 0.912 bits per heavy atom. The maximum Gasteiger partial charge on any atom is 0.253 e. The van der Waals surface area contributed by atoms with Gasteiger partial charge in [0.1, 0.15) is 0 Å². The lowest BCUT2D eigenvalue weighted by Gasteiger charge is -2.20. The Hall–Kier alpha value is -3.39. The number of nitrogens with one attached hydrogen (secondary N) is 3. The van der Waals surface area contributed by atoms with Crippen molar-refractivity contribution in [3.05, 3.63) is 59.7 Å². The van der Waals surface area contributed by atoms with E-state index < -0.39 is 0 Å². The molecular formula is C26H34N4O4. The molecule has 0 unspecified atom stereocenters. The second kappa shape index (κ2) is 13.3. The zero-order valence-electron chi connectivity index (χ0n) is 19.8. The van der Waals surface area contributed by atoms with E-state index in [0.717, 1.165) is 32.4 Å². The Kier molecular flexibility index (Phi) is 9.91. The molecule has 1 aliphatic heterocycles. The van der Waals surface area contributed by atoms with Crippen molar-refractivity contribution in [2.24, 2.45) is 0 Å². The lowest BCUT2D eigenvalue weighted by molar-refractivity contribution is -0.114. The first-order chi connectivity index (χ1) is 16.6. The van der Waals surface area contributed by atoms with Crippen molar-refractivity contribution in [1.29, 1.82) is 0 Å². The molecule has 3 amide bonds. The normalized spacial score (nSPS) is 13.6. The number of nitrogens with zero attached hydrogens (tertiary/aromatic N) is 1. The highest BCUT2D eigenvalue weighted by atomic mass is 16.5. The molecule has 0 spiro atoms. The topological polar surface area (TPSA) is 99.8 Å². The minimum Gasteiger partial charge on any atom is -0.385 e. The third-order valence-corrected chi connectivity index (χ3v) is 5.70. The first-order valence-electron chi connectivity index (χ1n) is 11.9. The number of hydrogen-bond acceptors (Lipinski definition) is 5. The maximum absolute atomic E-state index is 12.7. The van der Waals surface area contributed by atoms with Gasteiger partial charge < -0.3 is 25.6 Å². The molecule has 1 fully saturated rings. The summed E-state index contributed by atoms with van der Waals surface area (Å²) in [4.78, 5) is 39.2. The predicted octanol–water partition coefficient (Wildman–Crippen LogP) is 3.52. The SMILES string of the molecule is COCCCNC(=O)c1cccc(NCC(=O)Nc2ccc(C(=O)N3CCCCCC3)cc2)c1. The Morgan fingerprint density at radius 3 is 2.35 bits per heavy atom. The van der Waals surface area contributed by atoms with Crippen molar-refractivity contribution in [3.63, 3.8) is 0 Å². The molecule has 3 N–H and O–H groups in total. The van der Waals surface area contributed by atoms with Crippen molar-refractivity contribution in [1.82, 2.24) is 10.2 Å². The number of rotatable bonds is 10. The number of ether oxygens (including phenoxy) is 1. The number of carbonyl (C=O) groups is 3. The minimum absolute atomic E-state index is 0.0454. The Morgan fingerprint density at radius 2 is 1.65 bits per heavy atom. The van der Waals surface area contributed by atoms with Crippen LogP contribution in [0.4, 0.5) is 11.4 Å². The molecule has 0 aliphatic carbocycles. The van der Waals surface area contributed by atoms with E-state index in [0.29, 0.717) is 35.7 Å². The highest BCUT2D eigenvalue weighted by Gasteiger charge is 2.17. The first kappa shape index (κ1) is 25.2. The number of carbonyl (C=O) groups excluding carboxylic acids is 3. The molecule has 8 nitrogen and oxygen atoms in total. The highest BCUT2D eigenvalue weighted by molar-refractivity contribution is 5.97. The zero-order chi connectivity index (χ0) is 24.2. The van der Waals surface area contributed by atoms with E-state index in [2.05, 4.69) is 16.0 Å². The van der Waals surface area contributed by atoms with Gasteiger partial charge in [0.2, 0.25) is 5.91 Å². The molecule has 1 saturated heterocycles. The number of hydrogen-bond donors (Lipinski definition) is 3. The monoisotopic (exact) mass is 466 g/mol. The maximum atomic E-state index is 12.7. The van der Waals surface area contributed by atoms with Gasteiger partial charge >= 0.3 is 0 Å². The van der Waals surface area contributed by atoms with Crippen LogP contribution in [0.15, 0.2) is 48.5 Å². The Bertz CT molecular complexity index is 954. The van der Waals surface area contributed by atoms with Crippen LogP contribution in [0.2, 0.25) is 0 Å². The first-order valence-corrected chi connectivity index (χ1v) is 11.9. The van der Waals surface area contributed by atoms with E-state index in [1.54, 1.807) is 55.6 Å². The summed E-state index contributed by atoms with van der Waals surface area (Å²) in [6.45, 7) is 2.79. The van der Waals surface area contributed by atoms with Gasteiger partial charge in [0, 0.05) is 55.9 Å². The van der Waals surface area contributed by atoms with Crippen molar-refractivity contribution in [3.8, 4) is 0 Å². The summed E-state index contributed by atoms with van der Waals surface area (Å²) in [6.07, 6.45) is 5.20. The minimum atomic E-state index is -0.221. The van der Waals surface area contributed by atoms with E-state index in [9.17, 15) is 14.4 Å². The molecule has 8 heteroatoms. The molecule has 0 bridgehead atoms. The second-order valence-corrected chi connectivity index (χ2v) is 8.37. The van der Waals surface area contributed by atoms with Gasteiger partial charge in [-0.3, -0.25) is 14.4 Å².